The number of aromatic hydroxyl groups is 1. The quantitative estimate of drug-likeness (QED) is 0.287. The summed E-state index contributed by atoms with van der Waals surface area (Å²) in [4.78, 5) is 0.733. The first-order chi connectivity index (χ1) is 10.7. The van der Waals surface area contributed by atoms with Crippen LogP contribution in [-0.2, 0) is 11.4 Å². The molecule has 0 fully saturated rings. The number of hydrogen-bond acceptors (Lipinski definition) is 7. The molecule has 0 amide bonds. The van der Waals surface area contributed by atoms with Crippen molar-refractivity contribution in [3.05, 3.63) is 24.3 Å². The first-order valence-electron chi connectivity index (χ1n) is 7.02. The zero-order valence-electron chi connectivity index (χ0n) is 12.4. The molecule has 0 saturated heterocycles. The molecule has 0 bridgehead atoms. The summed E-state index contributed by atoms with van der Waals surface area (Å²) in [6.45, 7) is 1.57. The molecule has 8 heteroatoms. The minimum absolute atomic E-state index is 0.195. The number of thioether (sulfide) groups is 2. The number of rotatable bonds is 12. The zero-order valence-corrected chi connectivity index (χ0v) is 16.6. The van der Waals surface area contributed by atoms with Gasteiger partial charge in [-0.15, -0.1) is 4.31 Å². The van der Waals surface area contributed by atoms with Crippen LogP contribution in [0, 0.1) is 0 Å². The lowest BCUT2D eigenvalue weighted by Crippen LogP contribution is -2.35. The Morgan fingerprint density at radius 3 is 1.91 bits per heavy atom. The molecule has 0 aliphatic carbocycles. The van der Waals surface area contributed by atoms with Crippen molar-refractivity contribution in [3.63, 3.8) is 0 Å². The van der Waals surface area contributed by atoms with Gasteiger partial charge in [0.05, 0.1) is 24.5 Å². The Bertz CT molecular complexity index is 381. The van der Waals surface area contributed by atoms with Gasteiger partial charge in [-0.2, -0.15) is 48.8 Å². The fourth-order valence-corrected chi connectivity index (χ4v) is 5.21. The molecule has 0 aliphatic rings. The van der Waals surface area contributed by atoms with Crippen LogP contribution in [-0.4, -0.2) is 61.6 Å². The van der Waals surface area contributed by atoms with Gasteiger partial charge in [-0.1, -0.05) is 0 Å². The highest BCUT2D eigenvalue weighted by Crippen LogP contribution is 2.20. The molecule has 1 unspecified atom stereocenters. The van der Waals surface area contributed by atoms with Crippen molar-refractivity contribution in [1.29, 1.82) is 0 Å². The molecule has 0 saturated carbocycles. The predicted octanol–water partition coefficient (Wildman–Crippen LogP) is 3.04. The summed E-state index contributed by atoms with van der Waals surface area (Å²) in [5, 5.41) is 9.34. The molecule has 0 aliphatic heterocycles. The highest BCUT2D eigenvalue weighted by atomic mass is 32.2. The van der Waals surface area contributed by atoms with Crippen molar-refractivity contribution in [2.24, 2.45) is 0 Å². The highest BCUT2D eigenvalue weighted by Gasteiger charge is 2.21. The van der Waals surface area contributed by atoms with E-state index >= 15 is 0 Å². The van der Waals surface area contributed by atoms with E-state index in [4.69, 9.17) is 0 Å². The second-order valence-electron chi connectivity index (χ2n) is 4.34. The molecule has 0 radical (unpaired) electrons. The number of thiol groups is 2. The van der Waals surface area contributed by atoms with Gasteiger partial charge in [0.1, 0.15) is 5.75 Å². The van der Waals surface area contributed by atoms with E-state index in [9.17, 15) is 9.66 Å². The SMILES string of the molecule is [O-][S+](c1ccc(O)cc1)N(CCSCCS)CCSCCS. The summed E-state index contributed by atoms with van der Waals surface area (Å²) in [7, 11) is 0. The minimum atomic E-state index is -1.18. The lowest BCUT2D eigenvalue weighted by molar-refractivity contribution is 0.449. The fraction of sp³-hybridized carbons (Fsp3) is 0.571. The maximum atomic E-state index is 12.7. The molecule has 22 heavy (non-hydrogen) atoms. The Kier molecular flexibility index (Phi) is 12.3. The van der Waals surface area contributed by atoms with Gasteiger partial charge in [0.15, 0.2) is 4.90 Å². The summed E-state index contributed by atoms with van der Waals surface area (Å²) in [6.07, 6.45) is 0. The van der Waals surface area contributed by atoms with Crippen LogP contribution >= 0.6 is 48.8 Å². The van der Waals surface area contributed by atoms with Crippen LogP contribution in [0.1, 0.15) is 0 Å². The normalized spacial score (nSPS) is 12.7. The first-order valence-corrected chi connectivity index (χ1v) is 11.7. The van der Waals surface area contributed by atoms with Crippen LogP contribution < -0.4 is 0 Å². The van der Waals surface area contributed by atoms with Crippen molar-refractivity contribution in [2.45, 2.75) is 4.90 Å². The Hall–Kier alpha value is 0.690. The van der Waals surface area contributed by atoms with Crippen LogP contribution in [0.5, 0.6) is 5.75 Å². The van der Waals surface area contributed by atoms with Crippen LogP contribution in [0.4, 0.5) is 0 Å². The third kappa shape index (κ3) is 8.52. The molecule has 1 atom stereocenters. The number of nitrogens with zero attached hydrogens (tertiary/aromatic N) is 1. The van der Waals surface area contributed by atoms with E-state index in [0.717, 1.165) is 52.5 Å². The van der Waals surface area contributed by atoms with Gasteiger partial charge in [0.25, 0.3) is 0 Å². The molecular weight excluding hydrogens is 374 g/mol. The minimum Gasteiger partial charge on any atom is -0.593 e. The molecule has 0 aromatic heterocycles. The molecule has 3 nitrogen and oxygen atoms in total. The van der Waals surface area contributed by atoms with E-state index < -0.39 is 11.4 Å². The Labute approximate surface area is 156 Å². The number of hydrogen-bond donors (Lipinski definition) is 3. The summed E-state index contributed by atoms with van der Waals surface area (Å²) in [6, 6.07) is 6.60. The van der Waals surface area contributed by atoms with Gasteiger partial charge in [0.2, 0.25) is 0 Å². The smallest absolute Gasteiger partial charge is 0.174 e. The standard InChI is InChI=1S/C14H23NO2S5/c16-13-1-3-14(4-2-13)22(17)15(5-9-20-11-7-18)6-10-21-12-8-19/h1-4,16,18-19H,5-12H2. The van der Waals surface area contributed by atoms with Gasteiger partial charge < -0.3 is 9.66 Å². The second kappa shape index (κ2) is 13.0. The lowest BCUT2D eigenvalue weighted by atomic mass is 10.3. The van der Waals surface area contributed by atoms with Crippen molar-refractivity contribution >= 4 is 60.1 Å². The summed E-state index contributed by atoms with van der Waals surface area (Å²) in [5.74, 6) is 5.84. The third-order valence-corrected chi connectivity index (χ3v) is 7.20. The van der Waals surface area contributed by atoms with E-state index in [-0.39, 0.29) is 5.75 Å². The molecule has 0 heterocycles. The fourth-order valence-electron chi connectivity index (χ4n) is 1.66. The van der Waals surface area contributed by atoms with E-state index in [1.165, 1.54) is 0 Å². The molecule has 1 aromatic rings. The summed E-state index contributed by atoms with van der Waals surface area (Å²) >= 11 is 10.9. The highest BCUT2D eigenvalue weighted by molar-refractivity contribution is 8.00. The molecule has 1 N–H and O–H groups in total. The van der Waals surface area contributed by atoms with Crippen molar-refractivity contribution in [1.82, 2.24) is 4.31 Å². The predicted molar refractivity (Wildman–Crippen MR) is 108 cm³/mol. The Morgan fingerprint density at radius 1 is 0.955 bits per heavy atom. The number of benzene rings is 1. The maximum Gasteiger partial charge on any atom is 0.174 e. The van der Waals surface area contributed by atoms with E-state index in [1.54, 1.807) is 24.3 Å². The van der Waals surface area contributed by atoms with Gasteiger partial charge in [-0.25, -0.2) is 0 Å². The average molecular weight is 398 g/mol. The second-order valence-corrected chi connectivity index (χ2v) is 9.17. The largest absolute Gasteiger partial charge is 0.593 e. The maximum absolute atomic E-state index is 12.7. The topological polar surface area (TPSA) is 46.5 Å². The number of phenols is 1. The number of phenolic OH excluding ortho intramolecular Hbond substituents is 1. The summed E-state index contributed by atoms with van der Waals surface area (Å²) in [5.41, 5.74) is 0. The van der Waals surface area contributed by atoms with Gasteiger partial charge in [-0.05, 0) is 35.8 Å². The van der Waals surface area contributed by atoms with Crippen LogP contribution in [0.3, 0.4) is 0 Å². The molecule has 1 aromatic carbocycles. The van der Waals surface area contributed by atoms with Crippen LogP contribution in [0.15, 0.2) is 29.2 Å². The van der Waals surface area contributed by atoms with Crippen LogP contribution in [0.2, 0.25) is 0 Å². The van der Waals surface area contributed by atoms with Gasteiger partial charge in [0, 0.05) is 23.0 Å². The van der Waals surface area contributed by atoms with Gasteiger partial charge in [-0.3, -0.25) is 0 Å². The van der Waals surface area contributed by atoms with Crippen LogP contribution in [0.25, 0.3) is 0 Å². The lowest BCUT2D eigenvalue weighted by Gasteiger charge is -2.23. The van der Waals surface area contributed by atoms with E-state index in [1.807, 2.05) is 27.8 Å². The Morgan fingerprint density at radius 2 is 1.45 bits per heavy atom. The average Bonchev–Trinajstić information content (AvgIpc) is 2.53. The monoisotopic (exact) mass is 397 g/mol. The zero-order chi connectivity index (χ0) is 16.2. The molecule has 1 rings (SSSR count). The van der Waals surface area contributed by atoms with Crippen molar-refractivity contribution in [2.75, 3.05) is 47.6 Å². The molecule has 126 valence electrons. The first kappa shape index (κ1) is 20.7. The van der Waals surface area contributed by atoms with Crippen molar-refractivity contribution in [3.8, 4) is 5.75 Å². The van der Waals surface area contributed by atoms with E-state index in [0.29, 0.717) is 0 Å². The van der Waals surface area contributed by atoms with Crippen molar-refractivity contribution < 1.29 is 9.66 Å². The summed E-state index contributed by atoms with van der Waals surface area (Å²) < 4.78 is 14.7. The third-order valence-electron chi connectivity index (χ3n) is 2.71. The Balaban J connectivity index is 2.55. The molecular formula is C14H23NO2S5. The van der Waals surface area contributed by atoms with Gasteiger partial charge >= 0.3 is 0 Å². The molecule has 0 spiro atoms. The van der Waals surface area contributed by atoms with E-state index in [2.05, 4.69) is 25.3 Å².